The van der Waals surface area contributed by atoms with Crippen molar-refractivity contribution in [2.24, 2.45) is 10.9 Å². The average molecular weight is 361 g/mol. The lowest BCUT2D eigenvalue weighted by Gasteiger charge is -2.17. The Balaban J connectivity index is 2.41. The van der Waals surface area contributed by atoms with Crippen LogP contribution in [0.3, 0.4) is 0 Å². The molecule has 0 aromatic heterocycles. The molecule has 0 bridgehead atoms. The van der Waals surface area contributed by atoms with E-state index in [0.717, 1.165) is 5.57 Å². The van der Waals surface area contributed by atoms with Crippen LogP contribution in [-0.4, -0.2) is 57.1 Å². The van der Waals surface area contributed by atoms with E-state index >= 15 is 0 Å². The van der Waals surface area contributed by atoms with Crippen molar-refractivity contribution in [3.63, 3.8) is 0 Å². The molecular formula is C20H32N4O2. The van der Waals surface area contributed by atoms with Gasteiger partial charge in [-0.1, -0.05) is 49.4 Å². The fourth-order valence-corrected chi connectivity index (χ4v) is 1.98. The van der Waals surface area contributed by atoms with Crippen LogP contribution in [0, 0.1) is 5.92 Å². The average Bonchev–Trinajstić information content (AvgIpc) is 2.61. The molecule has 0 aliphatic rings. The molecular weight excluding hydrogens is 328 g/mol. The Morgan fingerprint density at radius 3 is 2.58 bits per heavy atom. The van der Waals surface area contributed by atoms with E-state index in [9.17, 15) is 4.79 Å². The Kier molecular flexibility index (Phi) is 10.1. The lowest BCUT2D eigenvalue weighted by molar-refractivity contribution is -0.127. The van der Waals surface area contributed by atoms with Crippen LogP contribution in [0.4, 0.5) is 0 Å². The molecule has 6 nitrogen and oxygen atoms in total. The molecule has 1 amide bonds. The van der Waals surface area contributed by atoms with Crippen molar-refractivity contribution >= 4 is 11.9 Å². The number of carbonyl (C=O) groups excluding carboxylic acids is 1. The maximum atomic E-state index is 11.7. The number of amides is 1. The fourth-order valence-electron chi connectivity index (χ4n) is 1.98. The van der Waals surface area contributed by atoms with E-state index in [2.05, 4.69) is 41.3 Å². The standard InChI is InChI=1S/C20H32N4O2/c1-16(2)11-21-20(23-13-19(25)24(4)5)22-12-17(3)14-26-15-18-9-7-6-8-10-18/h6-10,17H,1,11-15H2,2-5H3,(H2,21,22,23). The van der Waals surface area contributed by atoms with Crippen molar-refractivity contribution in [1.29, 1.82) is 0 Å². The van der Waals surface area contributed by atoms with E-state index < -0.39 is 0 Å². The molecule has 0 aliphatic heterocycles. The Bertz CT molecular complexity index is 585. The molecule has 0 aliphatic carbocycles. The highest BCUT2D eigenvalue weighted by Gasteiger charge is 2.07. The van der Waals surface area contributed by atoms with E-state index in [1.807, 2.05) is 25.1 Å². The lowest BCUT2D eigenvalue weighted by Crippen LogP contribution is -2.41. The monoisotopic (exact) mass is 360 g/mol. The van der Waals surface area contributed by atoms with Gasteiger partial charge in [0.05, 0.1) is 13.2 Å². The number of likely N-dealkylation sites (N-methyl/N-ethyl adjacent to an activating group) is 1. The summed E-state index contributed by atoms with van der Waals surface area (Å²) in [6.07, 6.45) is 0. The van der Waals surface area contributed by atoms with Gasteiger partial charge in [-0.15, -0.1) is 0 Å². The zero-order chi connectivity index (χ0) is 19.4. The van der Waals surface area contributed by atoms with Gasteiger partial charge in [0.2, 0.25) is 5.91 Å². The van der Waals surface area contributed by atoms with E-state index in [1.54, 1.807) is 14.1 Å². The molecule has 1 unspecified atom stereocenters. The van der Waals surface area contributed by atoms with Gasteiger partial charge in [-0.3, -0.25) is 4.79 Å². The van der Waals surface area contributed by atoms with Crippen LogP contribution >= 0.6 is 0 Å². The SMILES string of the molecule is C=C(C)CNC(=NCC(=O)N(C)C)NCC(C)COCc1ccccc1. The Morgan fingerprint density at radius 1 is 1.27 bits per heavy atom. The summed E-state index contributed by atoms with van der Waals surface area (Å²) in [6, 6.07) is 10.1. The Morgan fingerprint density at radius 2 is 1.96 bits per heavy atom. The summed E-state index contributed by atoms with van der Waals surface area (Å²) in [5, 5.41) is 6.44. The fraction of sp³-hybridized carbons (Fsp3) is 0.500. The van der Waals surface area contributed by atoms with E-state index in [4.69, 9.17) is 4.74 Å². The molecule has 0 saturated carbocycles. The number of aliphatic imine (C=N–C) groups is 1. The summed E-state index contributed by atoms with van der Waals surface area (Å²) >= 11 is 0. The van der Waals surface area contributed by atoms with Gasteiger partial charge in [-0.05, 0) is 18.4 Å². The summed E-state index contributed by atoms with van der Waals surface area (Å²) in [7, 11) is 3.44. The summed E-state index contributed by atoms with van der Waals surface area (Å²) in [6.45, 7) is 10.6. The highest BCUT2D eigenvalue weighted by atomic mass is 16.5. The molecule has 6 heteroatoms. The van der Waals surface area contributed by atoms with Crippen LogP contribution in [0.25, 0.3) is 0 Å². The highest BCUT2D eigenvalue weighted by Crippen LogP contribution is 2.02. The molecule has 2 N–H and O–H groups in total. The third-order valence-corrected chi connectivity index (χ3v) is 3.56. The second kappa shape index (κ2) is 12.1. The normalized spacial score (nSPS) is 12.4. The number of hydrogen-bond donors (Lipinski definition) is 2. The Hall–Kier alpha value is -2.34. The second-order valence-electron chi connectivity index (χ2n) is 6.75. The third kappa shape index (κ3) is 9.84. The zero-order valence-corrected chi connectivity index (χ0v) is 16.4. The number of benzene rings is 1. The van der Waals surface area contributed by atoms with Crippen molar-refractivity contribution in [2.45, 2.75) is 20.5 Å². The first-order valence-electron chi connectivity index (χ1n) is 8.87. The van der Waals surface area contributed by atoms with Crippen molar-refractivity contribution in [2.75, 3.05) is 40.3 Å². The zero-order valence-electron chi connectivity index (χ0n) is 16.4. The molecule has 1 atom stereocenters. The minimum absolute atomic E-state index is 0.0410. The molecule has 0 saturated heterocycles. The van der Waals surface area contributed by atoms with Crippen LogP contribution in [0.1, 0.15) is 19.4 Å². The van der Waals surface area contributed by atoms with Gasteiger partial charge in [0.1, 0.15) is 6.54 Å². The maximum absolute atomic E-state index is 11.7. The summed E-state index contributed by atoms with van der Waals surface area (Å²) in [4.78, 5) is 17.6. The number of nitrogens with zero attached hydrogens (tertiary/aromatic N) is 2. The highest BCUT2D eigenvalue weighted by molar-refractivity contribution is 5.84. The summed E-state index contributed by atoms with van der Waals surface area (Å²) in [5.41, 5.74) is 2.16. The number of nitrogens with one attached hydrogen (secondary N) is 2. The maximum Gasteiger partial charge on any atom is 0.243 e. The molecule has 0 fully saturated rings. The van der Waals surface area contributed by atoms with Gasteiger partial charge < -0.3 is 20.3 Å². The van der Waals surface area contributed by atoms with Crippen molar-refractivity contribution in [3.05, 3.63) is 48.0 Å². The van der Waals surface area contributed by atoms with Gasteiger partial charge >= 0.3 is 0 Å². The predicted molar refractivity (Wildman–Crippen MR) is 107 cm³/mol. The van der Waals surface area contributed by atoms with E-state index in [1.165, 1.54) is 10.5 Å². The molecule has 1 aromatic carbocycles. The number of hydrogen-bond acceptors (Lipinski definition) is 3. The van der Waals surface area contributed by atoms with Gasteiger partial charge in [-0.2, -0.15) is 0 Å². The predicted octanol–water partition coefficient (Wildman–Crippen LogP) is 2.04. The molecule has 0 heterocycles. The lowest BCUT2D eigenvalue weighted by atomic mass is 10.2. The van der Waals surface area contributed by atoms with Crippen molar-refractivity contribution in [1.82, 2.24) is 15.5 Å². The first-order valence-corrected chi connectivity index (χ1v) is 8.87. The quantitative estimate of drug-likeness (QED) is 0.381. The first kappa shape index (κ1) is 21.7. The molecule has 144 valence electrons. The van der Waals surface area contributed by atoms with Crippen molar-refractivity contribution in [3.8, 4) is 0 Å². The number of guanidine groups is 1. The first-order chi connectivity index (χ1) is 12.4. The van der Waals surface area contributed by atoms with E-state index in [0.29, 0.717) is 38.2 Å². The van der Waals surface area contributed by atoms with Gasteiger partial charge in [0.15, 0.2) is 5.96 Å². The van der Waals surface area contributed by atoms with Crippen LogP contribution < -0.4 is 10.6 Å². The van der Waals surface area contributed by atoms with Gasteiger partial charge in [0.25, 0.3) is 0 Å². The molecule has 0 radical (unpaired) electrons. The topological polar surface area (TPSA) is 66.0 Å². The van der Waals surface area contributed by atoms with Crippen LogP contribution in [0.2, 0.25) is 0 Å². The third-order valence-electron chi connectivity index (χ3n) is 3.56. The van der Waals surface area contributed by atoms with Crippen LogP contribution in [0.5, 0.6) is 0 Å². The van der Waals surface area contributed by atoms with Crippen molar-refractivity contribution < 1.29 is 9.53 Å². The summed E-state index contributed by atoms with van der Waals surface area (Å²) < 4.78 is 5.77. The van der Waals surface area contributed by atoms with Crippen LogP contribution in [0.15, 0.2) is 47.5 Å². The van der Waals surface area contributed by atoms with E-state index in [-0.39, 0.29) is 12.5 Å². The second-order valence-corrected chi connectivity index (χ2v) is 6.75. The summed E-state index contributed by atoms with van der Waals surface area (Å²) in [5.74, 6) is 0.874. The smallest absolute Gasteiger partial charge is 0.243 e. The largest absolute Gasteiger partial charge is 0.376 e. The minimum atomic E-state index is -0.0410. The molecule has 1 rings (SSSR count). The Labute approximate surface area is 157 Å². The van der Waals surface area contributed by atoms with Crippen LogP contribution in [-0.2, 0) is 16.1 Å². The number of rotatable bonds is 10. The number of ether oxygens (including phenoxy) is 1. The van der Waals surface area contributed by atoms with Gasteiger partial charge in [-0.25, -0.2) is 4.99 Å². The molecule has 26 heavy (non-hydrogen) atoms. The molecule has 0 spiro atoms. The number of carbonyl (C=O) groups is 1. The minimum Gasteiger partial charge on any atom is -0.376 e. The van der Waals surface area contributed by atoms with Gasteiger partial charge in [0, 0.05) is 27.2 Å². The molecule has 1 aromatic rings.